The molecule has 5 heterocycles. The van der Waals surface area contributed by atoms with Gasteiger partial charge < -0.3 is 4.90 Å². The van der Waals surface area contributed by atoms with Crippen LogP contribution in [0.5, 0.6) is 0 Å². The third-order valence-corrected chi connectivity index (χ3v) is 6.45. The van der Waals surface area contributed by atoms with Crippen LogP contribution >= 0.6 is 0 Å². The van der Waals surface area contributed by atoms with Gasteiger partial charge in [-0.25, -0.2) is 0 Å². The van der Waals surface area contributed by atoms with E-state index < -0.39 is 0 Å². The molecule has 6 heteroatoms. The monoisotopic (exact) mass is 395 g/mol. The standard InChI is InChI=1S/C24H21N5O/c1-16-11-24(14-28(15-24)23(30)18-6-4-8-25-12-18)22-10-21(27-29(16)22)19-9-17-5-2-3-7-20(17)26-13-19/h2-10,12-13,16H,11,14-15H2,1H3. The molecule has 0 bridgehead atoms. The molecule has 3 aromatic heterocycles. The SMILES string of the molecule is CC1CC2(CN(C(=O)c3cccnc3)C2)c2cc(-c3cnc4ccccc4c3)nn21. The summed E-state index contributed by atoms with van der Waals surface area (Å²) < 4.78 is 2.15. The average molecular weight is 395 g/mol. The van der Waals surface area contributed by atoms with E-state index in [9.17, 15) is 4.79 Å². The molecule has 1 amide bonds. The Bertz CT molecular complexity index is 1270. The highest BCUT2D eigenvalue weighted by molar-refractivity contribution is 5.94. The van der Waals surface area contributed by atoms with Gasteiger partial charge in [0.1, 0.15) is 0 Å². The summed E-state index contributed by atoms with van der Waals surface area (Å²) in [7, 11) is 0. The number of aromatic nitrogens is 4. The molecule has 1 aromatic carbocycles. The molecule has 6 nitrogen and oxygen atoms in total. The van der Waals surface area contributed by atoms with E-state index in [4.69, 9.17) is 5.10 Å². The van der Waals surface area contributed by atoms with Crippen LogP contribution in [-0.2, 0) is 5.41 Å². The van der Waals surface area contributed by atoms with Crippen LogP contribution < -0.4 is 0 Å². The topological polar surface area (TPSA) is 63.9 Å². The Morgan fingerprint density at radius 1 is 1.10 bits per heavy atom. The predicted octanol–water partition coefficient (Wildman–Crippen LogP) is 3.85. The van der Waals surface area contributed by atoms with Gasteiger partial charge in [0, 0.05) is 53.7 Å². The maximum Gasteiger partial charge on any atom is 0.255 e. The molecule has 2 aliphatic heterocycles. The van der Waals surface area contributed by atoms with E-state index in [1.54, 1.807) is 18.5 Å². The maximum absolute atomic E-state index is 12.8. The van der Waals surface area contributed by atoms with Crippen molar-refractivity contribution in [1.82, 2.24) is 24.6 Å². The second kappa shape index (κ2) is 6.23. The molecule has 2 aliphatic rings. The summed E-state index contributed by atoms with van der Waals surface area (Å²) in [6.45, 7) is 3.66. The van der Waals surface area contributed by atoms with E-state index in [1.165, 1.54) is 5.69 Å². The van der Waals surface area contributed by atoms with Crippen molar-refractivity contribution in [3.63, 3.8) is 0 Å². The number of para-hydroxylation sites is 1. The first kappa shape index (κ1) is 17.3. The molecule has 1 atom stereocenters. The summed E-state index contributed by atoms with van der Waals surface area (Å²) >= 11 is 0. The van der Waals surface area contributed by atoms with Crippen LogP contribution in [-0.4, -0.2) is 43.6 Å². The fourth-order valence-corrected chi connectivity index (χ4v) is 5.03. The van der Waals surface area contributed by atoms with Crippen molar-refractivity contribution in [3.8, 4) is 11.3 Å². The summed E-state index contributed by atoms with van der Waals surface area (Å²) in [4.78, 5) is 23.4. The molecule has 0 radical (unpaired) electrons. The molecule has 0 N–H and O–H groups in total. The van der Waals surface area contributed by atoms with E-state index in [0.29, 0.717) is 11.6 Å². The lowest BCUT2D eigenvalue weighted by Gasteiger charge is -2.47. The first-order valence-corrected chi connectivity index (χ1v) is 10.3. The van der Waals surface area contributed by atoms with Crippen molar-refractivity contribution in [2.45, 2.75) is 24.8 Å². The smallest absolute Gasteiger partial charge is 0.255 e. The van der Waals surface area contributed by atoms with Crippen LogP contribution in [0, 0.1) is 0 Å². The molecule has 1 spiro atoms. The van der Waals surface area contributed by atoms with Crippen LogP contribution in [0.25, 0.3) is 22.2 Å². The van der Waals surface area contributed by atoms with Gasteiger partial charge in [-0.05, 0) is 43.7 Å². The van der Waals surface area contributed by atoms with Gasteiger partial charge in [-0.1, -0.05) is 18.2 Å². The van der Waals surface area contributed by atoms with Crippen LogP contribution in [0.1, 0.15) is 35.4 Å². The fraction of sp³-hybridized carbons (Fsp3) is 0.250. The molecule has 1 saturated heterocycles. The first-order valence-electron chi connectivity index (χ1n) is 10.3. The zero-order valence-corrected chi connectivity index (χ0v) is 16.7. The molecule has 0 aliphatic carbocycles. The Labute approximate surface area is 174 Å². The van der Waals surface area contributed by atoms with Gasteiger partial charge in [-0.3, -0.25) is 19.4 Å². The van der Waals surface area contributed by atoms with Gasteiger partial charge in [0.05, 0.1) is 22.8 Å². The van der Waals surface area contributed by atoms with Crippen molar-refractivity contribution in [1.29, 1.82) is 0 Å². The quantitative estimate of drug-likeness (QED) is 0.517. The lowest BCUT2D eigenvalue weighted by atomic mass is 9.74. The van der Waals surface area contributed by atoms with E-state index >= 15 is 0 Å². The normalized spacial score (nSPS) is 19.1. The summed E-state index contributed by atoms with van der Waals surface area (Å²) in [5, 5.41) is 6.03. The molecule has 1 unspecified atom stereocenters. The molecular weight excluding hydrogens is 374 g/mol. The Hall–Kier alpha value is -3.54. The van der Waals surface area contributed by atoms with Crippen molar-refractivity contribution in [2.75, 3.05) is 13.1 Å². The third-order valence-electron chi connectivity index (χ3n) is 6.45. The van der Waals surface area contributed by atoms with Crippen molar-refractivity contribution in [3.05, 3.63) is 78.4 Å². The Kier molecular flexibility index (Phi) is 3.60. The highest BCUT2D eigenvalue weighted by Crippen LogP contribution is 2.48. The predicted molar refractivity (Wildman–Crippen MR) is 114 cm³/mol. The lowest BCUT2D eigenvalue weighted by Crippen LogP contribution is -2.60. The summed E-state index contributed by atoms with van der Waals surface area (Å²) in [6.07, 6.45) is 6.24. The number of amides is 1. The number of fused-ring (bicyclic) bond motifs is 3. The summed E-state index contributed by atoms with van der Waals surface area (Å²) in [5.74, 6) is 0.0540. The van der Waals surface area contributed by atoms with E-state index in [1.807, 2.05) is 35.4 Å². The number of rotatable bonds is 2. The second-order valence-electron chi connectivity index (χ2n) is 8.51. The molecule has 0 saturated carbocycles. The molecular formula is C24H21N5O. The number of carbonyl (C=O) groups is 1. The highest BCUT2D eigenvalue weighted by Gasteiger charge is 2.53. The number of carbonyl (C=O) groups excluding carboxylic acids is 1. The first-order chi connectivity index (χ1) is 14.6. The van der Waals surface area contributed by atoms with Crippen molar-refractivity contribution < 1.29 is 4.79 Å². The molecule has 6 rings (SSSR count). The van der Waals surface area contributed by atoms with Gasteiger partial charge in [0.15, 0.2) is 0 Å². The van der Waals surface area contributed by atoms with Gasteiger partial charge in [0.25, 0.3) is 5.91 Å². The van der Waals surface area contributed by atoms with Crippen LogP contribution in [0.3, 0.4) is 0 Å². The minimum atomic E-state index is -0.00713. The summed E-state index contributed by atoms with van der Waals surface area (Å²) in [5.41, 5.74) is 4.84. The molecule has 30 heavy (non-hydrogen) atoms. The minimum Gasteiger partial charge on any atom is -0.337 e. The third kappa shape index (κ3) is 2.49. The van der Waals surface area contributed by atoms with Crippen molar-refractivity contribution in [2.24, 2.45) is 0 Å². The Morgan fingerprint density at radius 3 is 2.80 bits per heavy atom. The van der Waals surface area contributed by atoms with Crippen molar-refractivity contribution >= 4 is 16.8 Å². The highest BCUT2D eigenvalue weighted by atomic mass is 16.2. The van der Waals surface area contributed by atoms with Crippen LogP contribution in [0.15, 0.2) is 67.1 Å². The Morgan fingerprint density at radius 2 is 1.97 bits per heavy atom. The van der Waals surface area contributed by atoms with E-state index in [2.05, 4.69) is 39.8 Å². The largest absolute Gasteiger partial charge is 0.337 e. The second-order valence-corrected chi connectivity index (χ2v) is 8.51. The minimum absolute atomic E-state index is 0.00713. The molecule has 148 valence electrons. The zero-order valence-electron chi connectivity index (χ0n) is 16.7. The lowest BCUT2D eigenvalue weighted by molar-refractivity contribution is 0.0380. The molecule has 1 fully saturated rings. The van der Waals surface area contributed by atoms with E-state index in [0.717, 1.165) is 41.7 Å². The van der Waals surface area contributed by atoms with Gasteiger partial charge in [-0.15, -0.1) is 0 Å². The van der Waals surface area contributed by atoms with Crippen LogP contribution in [0.4, 0.5) is 0 Å². The maximum atomic E-state index is 12.8. The van der Waals surface area contributed by atoms with Gasteiger partial charge in [-0.2, -0.15) is 5.10 Å². The number of pyridine rings is 2. The van der Waals surface area contributed by atoms with Crippen LogP contribution in [0.2, 0.25) is 0 Å². The number of hydrogen-bond acceptors (Lipinski definition) is 4. The Balaban J connectivity index is 1.31. The van der Waals surface area contributed by atoms with E-state index in [-0.39, 0.29) is 11.3 Å². The number of benzene rings is 1. The molecule has 4 aromatic rings. The number of likely N-dealkylation sites (tertiary alicyclic amines) is 1. The summed E-state index contributed by atoms with van der Waals surface area (Å²) in [6, 6.07) is 16.4. The zero-order chi connectivity index (χ0) is 20.3. The number of nitrogens with zero attached hydrogens (tertiary/aromatic N) is 5. The van der Waals surface area contributed by atoms with Gasteiger partial charge in [0.2, 0.25) is 0 Å². The van der Waals surface area contributed by atoms with Gasteiger partial charge >= 0.3 is 0 Å². The number of hydrogen-bond donors (Lipinski definition) is 0. The average Bonchev–Trinajstić information content (AvgIpc) is 3.32. The fourth-order valence-electron chi connectivity index (χ4n) is 5.03.